The molecular weight excluding hydrogens is 442 g/mol. The average Bonchev–Trinajstić information content (AvgIpc) is 2.86. The van der Waals surface area contributed by atoms with E-state index >= 15 is 0 Å². The lowest BCUT2D eigenvalue weighted by molar-refractivity contribution is -0.146. The first-order chi connectivity index (χ1) is 15.6. The van der Waals surface area contributed by atoms with Crippen LogP contribution in [0.3, 0.4) is 0 Å². The number of hydrogen-bond acceptors (Lipinski definition) is 6. The number of nitrogens with zero attached hydrogens (tertiary/aromatic N) is 3. The average molecular weight is 474 g/mol. The van der Waals surface area contributed by atoms with Crippen LogP contribution in [0, 0.1) is 19.3 Å². The molecule has 0 aromatic carbocycles. The normalized spacial score (nSPS) is 20.7. The lowest BCUT2D eigenvalue weighted by atomic mass is 9.86. The van der Waals surface area contributed by atoms with Crippen LogP contribution in [0.25, 0.3) is 0 Å². The lowest BCUT2D eigenvalue weighted by Crippen LogP contribution is -2.49. The SMILES string of the molecule is Cc1cnc2c(c1)S(=O)N(Cc1cc(CC(C)(C)C(=O)O)cnc1C)CC1(CCOCC1)O2. The van der Waals surface area contributed by atoms with Crippen LogP contribution in [0.2, 0.25) is 0 Å². The Kier molecular flexibility index (Phi) is 6.57. The Hall–Kier alpha value is -2.36. The van der Waals surface area contributed by atoms with E-state index in [1.807, 2.05) is 30.3 Å². The van der Waals surface area contributed by atoms with Crippen molar-refractivity contribution in [2.24, 2.45) is 5.41 Å². The summed E-state index contributed by atoms with van der Waals surface area (Å²) in [6, 6.07) is 3.86. The predicted octanol–water partition coefficient (Wildman–Crippen LogP) is 3.21. The number of rotatable bonds is 5. The standard InChI is InChI=1S/C24H31N3O5S/c1-16-9-20-21(26-12-16)32-24(5-7-31-8-6-24)15-27(33(20)30)14-19-10-18(13-25-17(19)2)11-23(3,4)22(28)29/h9-10,12-13H,5-8,11,14-15H2,1-4H3,(H,28,29). The van der Waals surface area contributed by atoms with Crippen LogP contribution in [0.1, 0.15) is 49.1 Å². The summed E-state index contributed by atoms with van der Waals surface area (Å²) in [5.41, 5.74) is 2.10. The molecule has 4 rings (SSSR count). The van der Waals surface area contributed by atoms with Gasteiger partial charge >= 0.3 is 5.97 Å². The topological polar surface area (TPSA) is 102 Å². The van der Waals surface area contributed by atoms with Crippen LogP contribution in [0.5, 0.6) is 5.88 Å². The molecule has 2 aromatic heterocycles. The Morgan fingerprint density at radius 3 is 2.64 bits per heavy atom. The summed E-state index contributed by atoms with van der Waals surface area (Å²) in [5, 5.41) is 9.51. The molecule has 2 aliphatic heterocycles. The number of aliphatic carboxylic acids is 1. The molecule has 0 radical (unpaired) electrons. The van der Waals surface area contributed by atoms with Crippen molar-refractivity contribution in [3.63, 3.8) is 0 Å². The van der Waals surface area contributed by atoms with E-state index in [0.717, 1.165) is 22.4 Å². The molecule has 8 nitrogen and oxygen atoms in total. The van der Waals surface area contributed by atoms with Gasteiger partial charge in [0.1, 0.15) is 21.5 Å². The summed E-state index contributed by atoms with van der Waals surface area (Å²) in [6.07, 6.45) is 5.22. The summed E-state index contributed by atoms with van der Waals surface area (Å²) in [4.78, 5) is 21.1. The van der Waals surface area contributed by atoms with Crippen molar-refractivity contribution in [2.75, 3.05) is 19.8 Å². The van der Waals surface area contributed by atoms with Crippen molar-refractivity contribution in [3.05, 3.63) is 46.9 Å². The molecular formula is C24H31N3O5S. The van der Waals surface area contributed by atoms with Gasteiger partial charge in [-0.3, -0.25) is 9.78 Å². The maximum Gasteiger partial charge on any atom is 0.309 e. The number of pyridine rings is 2. The fourth-order valence-corrected chi connectivity index (χ4v) is 5.68. The highest BCUT2D eigenvalue weighted by molar-refractivity contribution is 7.82. The number of carboxylic acid groups (broad SMARTS) is 1. The van der Waals surface area contributed by atoms with E-state index in [0.29, 0.717) is 56.3 Å². The second-order valence-corrected chi connectivity index (χ2v) is 11.2. The van der Waals surface area contributed by atoms with Gasteiger partial charge in [-0.2, -0.15) is 0 Å². The summed E-state index contributed by atoms with van der Waals surface area (Å²) in [7, 11) is -1.47. The number of hydrogen-bond donors (Lipinski definition) is 1. The second-order valence-electron chi connectivity index (χ2n) is 9.71. The molecule has 0 aliphatic carbocycles. The first-order valence-electron chi connectivity index (χ1n) is 11.2. The van der Waals surface area contributed by atoms with E-state index in [4.69, 9.17) is 9.47 Å². The van der Waals surface area contributed by atoms with Gasteiger partial charge in [0.25, 0.3) is 0 Å². The molecule has 9 heteroatoms. The Bertz CT molecular complexity index is 1080. The third-order valence-electron chi connectivity index (χ3n) is 6.38. The van der Waals surface area contributed by atoms with Gasteiger partial charge < -0.3 is 14.6 Å². The molecule has 2 aliphatic rings. The van der Waals surface area contributed by atoms with Gasteiger partial charge in [-0.25, -0.2) is 13.5 Å². The molecule has 178 valence electrons. The number of ether oxygens (including phenoxy) is 2. The van der Waals surface area contributed by atoms with Gasteiger partial charge in [-0.05, 0) is 56.9 Å². The van der Waals surface area contributed by atoms with Crippen molar-refractivity contribution < 1.29 is 23.6 Å². The first kappa shape index (κ1) is 23.8. The molecule has 1 N–H and O–H groups in total. The molecule has 2 aromatic rings. The molecule has 1 saturated heterocycles. The molecule has 33 heavy (non-hydrogen) atoms. The summed E-state index contributed by atoms with van der Waals surface area (Å²) in [6.45, 7) is 9.31. The Balaban J connectivity index is 1.68. The van der Waals surface area contributed by atoms with Gasteiger partial charge in [0.2, 0.25) is 5.88 Å². The van der Waals surface area contributed by atoms with Crippen LogP contribution >= 0.6 is 0 Å². The van der Waals surface area contributed by atoms with Crippen molar-refractivity contribution in [2.45, 2.75) is 64.0 Å². The predicted molar refractivity (Wildman–Crippen MR) is 123 cm³/mol. The molecule has 1 spiro atoms. The van der Waals surface area contributed by atoms with Crippen LogP contribution in [-0.4, -0.2) is 54.9 Å². The van der Waals surface area contributed by atoms with Crippen molar-refractivity contribution >= 4 is 17.0 Å². The van der Waals surface area contributed by atoms with E-state index < -0.39 is 28.0 Å². The molecule has 0 bridgehead atoms. The van der Waals surface area contributed by atoms with Crippen molar-refractivity contribution in [1.29, 1.82) is 0 Å². The fraction of sp³-hybridized carbons (Fsp3) is 0.542. The van der Waals surface area contributed by atoms with Gasteiger partial charge in [0.15, 0.2) is 0 Å². The minimum atomic E-state index is -1.47. The minimum Gasteiger partial charge on any atom is -0.481 e. The number of fused-ring (bicyclic) bond motifs is 1. The fourth-order valence-electron chi connectivity index (χ4n) is 4.27. The molecule has 1 atom stereocenters. The monoisotopic (exact) mass is 473 g/mol. The maximum absolute atomic E-state index is 13.7. The summed E-state index contributed by atoms with van der Waals surface area (Å²) in [5.74, 6) is -0.425. The Morgan fingerprint density at radius 1 is 1.21 bits per heavy atom. The van der Waals surface area contributed by atoms with Gasteiger partial charge in [0, 0.05) is 37.5 Å². The number of carboxylic acids is 1. The maximum atomic E-state index is 13.7. The Labute approximate surface area is 196 Å². The van der Waals surface area contributed by atoms with Crippen LogP contribution in [-0.2, 0) is 33.5 Å². The first-order valence-corrected chi connectivity index (χ1v) is 12.3. The molecule has 0 amide bonds. The van der Waals surface area contributed by atoms with Gasteiger partial charge in [-0.15, -0.1) is 0 Å². The largest absolute Gasteiger partial charge is 0.481 e. The zero-order valence-corrected chi connectivity index (χ0v) is 20.4. The molecule has 0 saturated carbocycles. The van der Waals surface area contributed by atoms with Crippen LogP contribution in [0.15, 0.2) is 29.4 Å². The Morgan fingerprint density at radius 2 is 1.94 bits per heavy atom. The number of aromatic nitrogens is 2. The lowest BCUT2D eigenvalue weighted by Gasteiger charge is -2.38. The quantitative estimate of drug-likeness (QED) is 0.711. The third-order valence-corrected chi connectivity index (χ3v) is 7.78. The van der Waals surface area contributed by atoms with Crippen LogP contribution in [0.4, 0.5) is 0 Å². The van der Waals surface area contributed by atoms with E-state index in [1.54, 1.807) is 26.2 Å². The van der Waals surface area contributed by atoms with E-state index in [2.05, 4.69) is 9.97 Å². The highest BCUT2D eigenvalue weighted by atomic mass is 32.2. The van der Waals surface area contributed by atoms with Crippen molar-refractivity contribution in [3.8, 4) is 5.88 Å². The number of aryl methyl sites for hydroxylation is 2. The van der Waals surface area contributed by atoms with Crippen LogP contribution < -0.4 is 4.74 Å². The minimum absolute atomic E-state index is 0.363. The zero-order chi connectivity index (χ0) is 23.8. The molecule has 1 unspecified atom stereocenters. The number of carbonyl (C=O) groups is 1. The zero-order valence-electron chi connectivity index (χ0n) is 19.6. The smallest absolute Gasteiger partial charge is 0.309 e. The van der Waals surface area contributed by atoms with Gasteiger partial charge in [0.05, 0.1) is 25.2 Å². The summed E-state index contributed by atoms with van der Waals surface area (Å²) >= 11 is 0. The molecule has 4 heterocycles. The van der Waals surface area contributed by atoms with E-state index in [9.17, 15) is 14.1 Å². The second kappa shape index (κ2) is 9.12. The van der Waals surface area contributed by atoms with E-state index in [-0.39, 0.29) is 0 Å². The molecule has 1 fully saturated rings. The highest BCUT2D eigenvalue weighted by Gasteiger charge is 2.42. The van der Waals surface area contributed by atoms with Gasteiger partial charge in [-0.1, -0.05) is 6.07 Å². The summed E-state index contributed by atoms with van der Waals surface area (Å²) < 4.78 is 27.6. The highest BCUT2D eigenvalue weighted by Crippen LogP contribution is 2.37. The van der Waals surface area contributed by atoms with Crippen molar-refractivity contribution in [1.82, 2.24) is 14.3 Å². The van der Waals surface area contributed by atoms with E-state index in [1.165, 1.54) is 0 Å². The third kappa shape index (κ3) is 5.10.